The highest BCUT2D eigenvalue weighted by atomic mass is 16.2. The van der Waals surface area contributed by atoms with E-state index in [-0.39, 0.29) is 24.4 Å². The van der Waals surface area contributed by atoms with Crippen LogP contribution in [0.5, 0.6) is 0 Å². The van der Waals surface area contributed by atoms with Crippen LogP contribution < -0.4 is 0 Å². The highest BCUT2D eigenvalue weighted by Gasteiger charge is 2.35. The Balaban J connectivity index is 1.47. The maximum absolute atomic E-state index is 13.6. The molecule has 0 unspecified atom stereocenters. The van der Waals surface area contributed by atoms with Crippen molar-refractivity contribution in [3.8, 4) is 0 Å². The SMILES string of the molecule is CCCCCc1ccc(C(=O)N(CC(=O)N(Cc2ccccc2)Cc2cccn2C)C2CC2)cc1. The van der Waals surface area contributed by atoms with Gasteiger partial charge in [0.15, 0.2) is 0 Å². The number of amides is 2. The van der Waals surface area contributed by atoms with Gasteiger partial charge in [-0.25, -0.2) is 0 Å². The first-order valence-corrected chi connectivity index (χ1v) is 12.9. The van der Waals surface area contributed by atoms with E-state index in [4.69, 9.17) is 0 Å². The van der Waals surface area contributed by atoms with E-state index in [9.17, 15) is 9.59 Å². The zero-order chi connectivity index (χ0) is 24.6. The molecule has 0 atom stereocenters. The summed E-state index contributed by atoms with van der Waals surface area (Å²) in [4.78, 5) is 30.7. The van der Waals surface area contributed by atoms with Crippen LogP contribution >= 0.6 is 0 Å². The first kappa shape index (κ1) is 24.8. The van der Waals surface area contributed by atoms with Crippen LogP contribution in [-0.2, 0) is 31.4 Å². The molecule has 1 heterocycles. The fourth-order valence-corrected chi connectivity index (χ4v) is 4.45. The predicted octanol–water partition coefficient (Wildman–Crippen LogP) is 5.59. The van der Waals surface area contributed by atoms with Gasteiger partial charge in [-0.05, 0) is 61.1 Å². The maximum atomic E-state index is 13.6. The van der Waals surface area contributed by atoms with Crippen molar-refractivity contribution in [2.45, 2.75) is 64.6 Å². The van der Waals surface area contributed by atoms with Crippen LogP contribution in [0.25, 0.3) is 0 Å². The molecule has 0 spiro atoms. The molecular formula is C30H37N3O2. The van der Waals surface area contributed by atoms with Crippen molar-refractivity contribution >= 4 is 11.8 Å². The van der Waals surface area contributed by atoms with Gasteiger partial charge in [-0.1, -0.05) is 62.2 Å². The Bertz CT molecular complexity index is 1100. The monoisotopic (exact) mass is 471 g/mol. The summed E-state index contributed by atoms with van der Waals surface area (Å²) in [7, 11) is 1.99. The zero-order valence-electron chi connectivity index (χ0n) is 21.0. The first-order valence-electron chi connectivity index (χ1n) is 12.9. The quantitative estimate of drug-likeness (QED) is 0.323. The highest BCUT2D eigenvalue weighted by Crippen LogP contribution is 2.29. The molecule has 184 valence electrons. The van der Waals surface area contributed by atoms with Crippen LogP contribution in [0.1, 0.15) is 66.2 Å². The molecule has 1 fully saturated rings. The molecule has 2 aromatic carbocycles. The Hall–Kier alpha value is -3.34. The van der Waals surface area contributed by atoms with Crippen LogP contribution in [0, 0.1) is 0 Å². The minimum atomic E-state index is -0.0421. The van der Waals surface area contributed by atoms with E-state index in [0.717, 1.165) is 30.5 Å². The Morgan fingerprint density at radius 1 is 0.886 bits per heavy atom. The average molecular weight is 472 g/mol. The number of hydrogen-bond acceptors (Lipinski definition) is 2. The van der Waals surface area contributed by atoms with Crippen molar-refractivity contribution < 1.29 is 9.59 Å². The van der Waals surface area contributed by atoms with Gasteiger partial charge in [-0.3, -0.25) is 9.59 Å². The number of aromatic nitrogens is 1. The van der Waals surface area contributed by atoms with Gasteiger partial charge in [-0.15, -0.1) is 0 Å². The summed E-state index contributed by atoms with van der Waals surface area (Å²) in [5, 5.41) is 0. The van der Waals surface area contributed by atoms with Crippen LogP contribution in [0.3, 0.4) is 0 Å². The van der Waals surface area contributed by atoms with Crippen molar-refractivity contribution in [2.75, 3.05) is 6.54 Å². The smallest absolute Gasteiger partial charge is 0.254 e. The lowest BCUT2D eigenvalue weighted by molar-refractivity contribution is -0.133. The largest absolute Gasteiger partial charge is 0.353 e. The van der Waals surface area contributed by atoms with E-state index in [1.165, 1.54) is 24.8 Å². The Labute approximate surface area is 209 Å². The van der Waals surface area contributed by atoms with Crippen molar-refractivity contribution in [3.05, 3.63) is 95.3 Å². The number of nitrogens with zero attached hydrogens (tertiary/aromatic N) is 3. The van der Waals surface area contributed by atoms with Gasteiger partial charge in [0.25, 0.3) is 5.91 Å². The fourth-order valence-electron chi connectivity index (χ4n) is 4.45. The molecule has 0 radical (unpaired) electrons. The molecule has 5 heteroatoms. The molecule has 4 rings (SSSR count). The normalized spacial score (nSPS) is 13.0. The summed E-state index contributed by atoms with van der Waals surface area (Å²) in [6.45, 7) is 3.34. The third-order valence-electron chi connectivity index (χ3n) is 6.80. The number of aryl methyl sites for hydroxylation is 2. The van der Waals surface area contributed by atoms with Crippen molar-refractivity contribution in [3.63, 3.8) is 0 Å². The lowest BCUT2D eigenvalue weighted by Crippen LogP contribution is -2.43. The molecule has 0 N–H and O–H groups in total. The first-order chi connectivity index (χ1) is 17.0. The van der Waals surface area contributed by atoms with Gasteiger partial charge in [0, 0.05) is 37.1 Å². The Morgan fingerprint density at radius 2 is 1.63 bits per heavy atom. The van der Waals surface area contributed by atoms with Gasteiger partial charge in [0.1, 0.15) is 6.54 Å². The lowest BCUT2D eigenvalue weighted by Gasteiger charge is -2.28. The summed E-state index contributed by atoms with van der Waals surface area (Å²) in [6.07, 6.45) is 8.56. The number of unbranched alkanes of at least 4 members (excludes halogenated alkanes) is 2. The Morgan fingerprint density at radius 3 is 2.26 bits per heavy atom. The van der Waals surface area contributed by atoms with Crippen molar-refractivity contribution in [2.24, 2.45) is 7.05 Å². The van der Waals surface area contributed by atoms with Gasteiger partial charge >= 0.3 is 0 Å². The molecule has 1 saturated carbocycles. The minimum Gasteiger partial charge on any atom is -0.353 e. The van der Waals surface area contributed by atoms with E-state index in [1.807, 2.05) is 77.3 Å². The van der Waals surface area contributed by atoms with Crippen molar-refractivity contribution in [1.29, 1.82) is 0 Å². The van der Waals surface area contributed by atoms with Gasteiger partial charge in [-0.2, -0.15) is 0 Å². The standard InChI is InChI=1S/C30H37N3O2/c1-3-4-6-10-24-14-16-26(17-15-24)30(35)33(27-18-19-27)23-29(34)32(21-25-11-7-5-8-12-25)22-28-13-9-20-31(28)2/h5,7-9,11-17,20,27H,3-4,6,10,18-19,21-23H2,1-2H3. The molecule has 35 heavy (non-hydrogen) atoms. The zero-order valence-corrected chi connectivity index (χ0v) is 21.0. The minimum absolute atomic E-state index is 0.0218. The molecular weight excluding hydrogens is 434 g/mol. The average Bonchev–Trinajstić information content (AvgIpc) is 3.64. The summed E-state index contributed by atoms with van der Waals surface area (Å²) >= 11 is 0. The molecule has 0 saturated heterocycles. The predicted molar refractivity (Wildman–Crippen MR) is 140 cm³/mol. The number of carbonyl (C=O) groups is 2. The fraction of sp³-hybridized carbons (Fsp3) is 0.400. The van der Waals surface area contributed by atoms with Gasteiger partial charge in [0.2, 0.25) is 5.91 Å². The van der Waals surface area contributed by atoms with Gasteiger partial charge < -0.3 is 14.4 Å². The summed E-state index contributed by atoms with van der Waals surface area (Å²) in [6, 6.07) is 22.2. The molecule has 0 bridgehead atoms. The summed E-state index contributed by atoms with van der Waals surface area (Å²) < 4.78 is 2.04. The molecule has 1 aromatic heterocycles. The molecule has 2 amide bonds. The number of carbonyl (C=O) groups excluding carboxylic acids is 2. The number of benzene rings is 2. The van der Waals surface area contributed by atoms with E-state index < -0.39 is 0 Å². The Kier molecular flexibility index (Phi) is 8.40. The molecule has 1 aliphatic carbocycles. The topological polar surface area (TPSA) is 45.6 Å². The van der Waals surface area contributed by atoms with Crippen LogP contribution in [0.2, 0.25) is 0 Å². The van der Waals surface area contributed by atoms with E-state index in [2.05, 4.69) is 19.1 Å². The summed E-state index contributed by atoms with van der Waals surface area (Å²) in [5.41, 5.74) is 4.08. The third kappa shape index (κ3) is 6.84. The van der Waals surface area contributed by atoms with Gasteiger partial charge in [0.05, 0.1) is 6.54 Å². The molecule has 5 nitrogen and oxygen atoms in total. The lowest BCUT2D eigenvalue weighted by atomic mass is 10.0. The second kappa shape index (κ2) is 11.9. The molecule has 3 aromatic rings. The maximum Gasteiger partial charge on any atom is 0.254 e. The second-order valence-electron chi connectivity index (χ2n) is 9.66. The number of rotatable bonds is 12. The van der Waals surface area contributed by atoms with E-state index in [0.29, 0.717) is 18.7 Å². The molecule has 1 aliphatic rings. The highest BCUT2D eigenvalue weighted by molar-refractivity contribution is 5.97. The van der Waals surface area contributed by atoms with E-state index in [1.54, 1.807) is 4.90 Å². The second-order valence-corrected chi connectivity index (χ2v) is 9.66. The third-order valence-corrected chi connectivity index (χ3v) is 6.80. The number of hydrogen-bond donors (Lipinski definition) is 0. The molecule has 0 aliphatic heterocycles. The van der Waals surface area contributed by atoms with E-state index >= 15 is 0 Å². The van der Waals surface area contributed by atoms with Crippen LogP contribution in [-0.4, -0.2) is 38.8 Å². The van der Waals surface area contributed by atoms with Crippen molar-refractivity contribution in [1.82, 2.24) is 14.4 Å². The van der Waals surface area contributed by atoms with Crippen LogP contribution in [0.15, 0.2) is 72.9 Å². The van der Waals surface area contributed by atoms with Crippen LogP contribution in [0.4, 0.5) is 0 Å². The summed E-state index contributed by atoms with van der Waals surface area (Å²) in [5.74, 6) is -0.0639.